The summed E-state index contributed by atoms with van der Waals surface area (Å²) in [6, 6.07) is 7.00. The number of amides is 1. The van der Waals surface area contributed by atoms with Crippen molar-refractivity contribution >= 4 is 5.91 Å². The van der Waals surface area contributed by atoms with Gasteiger partial charge in [-0.15, -0.1) is 0 Å². The molecule has 3 atom stereocenters. The van der Waals surface area contributed by atoms with Gasteiger partial charge < -0.3 is 9.64 Å². The Balaban J connectivity index is 1.85. The van der Waals surface area contributed by atoms with Crippen LogP contribution in [0.3, 0.4) is 0 Å². The second-order valence-electron chi connectivity index (χ2n) is 7.27. The third-order valence-corrected chi connectivity index (χ3v) is 6.45. The number of hydrogen-bond acceptors (Lipinski definition) is 2. The van der Waals surface area contributed by atoms with Crippen LogP contribution >= 0.6 is 0 Å². The van der Waals surface area contributed by atoms with E-state index in [0.717, 1.165) is 25.1 Å². The van der Waals surface area contributed by atoms with Crippen LogP contribution in [0.25, 0.3) is 0 Å². The Morgan fingerprint density at radius 3 is 2.95 bits per heavy atom. The van der Waals surface area contributed by atoms with Crippen LogP contribution in [0.1, 0.15) is 50.2 Å². The van der Waals surface area contributed by atoms with Crippen molar-refractivity contribution in [2.24, 2.45) is 5.92 Å². The summed E-state index contributed by atoms with van der Waals surface area (Å²) in [6.45, 7) is 2.66. The maximum absolute atomic E-state index is 12.1. The summed E-state index contributed by atoms with van der Waals surface area (Å²) in [5.41, 5.74) is 3.25. The smallest absolute Gasteiger partial charge is 0.219 e. The molecule has 1 heterocycles. The highest BCUT2D eigenvalue weighted by molar-refractivity contribution is 5.74. The first kappa shape index (κ1) is 14.1. The molecule has 1 aromatic rings. The molecule has 0 N–H and O–H groups in total. The van der Waals surface area contributed by atoms with Gasteiger partial charge in [-0.05, 0) is 54.9 Å². The molecule has 2 fully saturated rings. The van der Waals surface area contributed by atoms with Crippen LogP contribution in [-0.2, 0) is 16.6 Å². The number of piperidine rings is 1. The number of likely N-dealkylation sites (tertiary alicyclic amines) is 1. The SMILES string of the molecule is COc1ccc2c(c1)[C@]13CCCC[C@@H]1[C@@H](C2)N(C(C)=O)CC3. The Labute approximate surface area is 132 Å². The van der Waals surface area contributed by atoms with E-state index in [9.17, 15) is 4.79 Å². The highest BCUT2D eigenvalue weighted by atomic mass is 16.5. The number of fused-ring (bicyclic) bond motifs is 1. The van der Waals surface area contributed by atoms with Gasteiger partial charge in [0.2, 0.25) is 5.91 Å². The lowest BCUT2D eigenvalue weighted by Crippen LogP contribution is -2.61. The first-order valence-electron chi connectivity index (χ1n) is 8.60. The molecule has 1 aromatic carbocycles. The standard InChI is InChI=1S/C19H25NO2/c1-13(21)20-10-9-19-8-4-3-5-16(19)18(20)11-14-6-7-15(22-2)12-17(14)19/h6-7,12,16,18H,3-5,8-11H2,1-2H3/t16-,18-,19+/m1/s1. The van der Waals surface area contributed by atoms with Crippen molar-refractivity contribution in [1.82, 2.24) is 4.90 Å². The molecule has 2 bridgehead atoms. The molecular weight excluding hydrogens is 274 g/mol. The monoisotopic (exact) mass is 299 g/mol. The van der Waals surface area contributed by atoms with Crippen molar-refractivity contribution in [2.75, 3.05) is 13.7 Å². The predicted molar refractivity (Wildman–Crippen MR) is 86.1 cm³/mol. The van der Waals surface area contributed by atoms with Gasteiger partial charge >= 0.3 is 0 Å². The van der Waals surface area contributed by atoms with E-state index in [4.69, 9.17) is 4.74 Å². The van der Waals surface area contributed by atoms with E-state index in [1.54, 1.807) is 14.0 Å². The molecule has 1 saturated heterocycles. The van der Waals surface area contributed by atoms with E-state index in [0.29, 0.717) is 12.0 Å². The van der Waals surface area contributed by atoms with Crippen LogP contribution in [0.5, 0.6) is 5.75 Å². The first-order valence-corrected chi connectivity index (χ1v) is 8.60. The minimum Gasteiger partial charge on any atom is -0.497 e. The summed E-state index contributed by atoms with van der Waals surface area (Å²) in [5, 5.41) is 0. The topological polar surface area (TPSA) is 29.5 Å². The van der Waals surface area contributed by atoms with E-state index >= 15 is 0 Å². The first-order chi connectivity index (χ1) is 10.7. The summed E-state index contributed by atoms with van der Waals surface area (Å²) in [6.07, 6.45) is 7.32. The van der Waals surface area contributed by atoms with Gasteiger partial charge in [-0.3, -0.25) is 4.79 Å². The van der Waals surface area contributed by atoms with Crippen LogP contribution in [0.2, 0.25) is 0 Å². The lowest BCUT2D eigenvalue weighted by Gasteiger charge is -2.59. The number of hydrogen-bond donors (Lipinski definition) is 0. The maximum Gasteiger partial charge on any atom is 0.219 e. The Bertz CT molecular complexity index is 611. The highest BCUT2D eigenvalue weighted by Gasteiger charge is 2.54. The van der Waals surface area contributed by atoms with Gasteiger partial charge in [-0.2, -0.15) is 0 Å². The van der Waals surface area contributed by atoms with Gasteiger partial charge in [0.1, 0.15) is 5.75 Å². The predicted octanol–water partition coefficient (Wildman–Crippen LogP) is 3.30. The summed E-state index contributed by atoms with van der Waals surface area (Å²) in [5.74, 6) is 1.87. The van der Waals surface area contributed by atoms with Crippen molar-refractivity contribution < 1.29 is 9.53 Å². The molecule has 118 valence electrons. The summed E-state index contributed by atoms with van der Waals surface area (Å²) in [4.78, 5) is 14.2. The Morgan fingerprint density at radius 1 is 1.32 bits per heavy atom. The Morgan fingerprint density at radius 2 is 2.18 bits per heavy atom. The van der Waals surface area contributed by atoms with E-state index < -0.39 is 0 Å². The fourth-order valence-electron chi connectivity index (χ4n) is 5.50. The van der Waals surface area contributed by atoms with Crippen LogP contribution in [0.15, 0.2) is 18.2 Å². The molecule has 22 heavy (non-hydrogen) atoms. The lowest BCUT2D eigenvalue weighted by molar-refractivity contribution is -0.138. The number of carbonyl (C=O) groups is 1. The van der Waals surface area contributed by atoms with Crippen LogP contribution in [0, 0.1) is 5.92 Å². The highest BCUT2D eigenvalue weighted by Crippen LogP contribution is 2.56. The molecule has 4 rings (SSSR count). The molecule has 1 amide bonds. The van der Waals surface area contributed by atoms with Crippen molar-refractivity contribution in [3.05, 3.63) is 29.3 Å². The molecule has 3 heteroatoms. The largest absolute Gasteiger partial charge is 0.497 e. The molecule has 1 aliphatic heterocycles. The Kier molecular flexibility index (Phi) is 3.21. The van der Waals surface area contributed by atoms with Crippen LogP contribution in [0.4, 0.5) is 0 Å². The Hall–Kier alpha value is -1.51. The zero-order valence-corrected chi connectivity index (χ0v) is 13.6. The van der Waals surface area contributed by atoms with Crippen LogP contribution in [-0.4, -0.2) is 30.5 Å². The third kappa shape index (κ3) is 1.84. The molecule has 2 aliphatic carbocycles. The minimum atomic E-state index is 0.251. The van der Waals surface area contributed by atoms with E-state index in [1.807, 2.05) is 0 Å². The fourth-order valence-corrected chi connectivity index (χ4v) is 5.50. The molecule has 0 radical (unpaired) electrons. The molecule has 3 nitrogen and oxygen atoms in total. The second kappa shape index (κ2) is 5.00. The zero-order valence-electron chi connectivity index (χ0n) is 13.6. The fraction of sp³-hybridized carbons (Fsp3) is 0.632. The zero-order chi connectivity index (χ0) is 15.3. The summed E-state index contributed by atoms with van der Waals surface area (Å²) in [7, 11) is 1.75. The molecular formula is C19H25NO2. The van der Waals surface area contributed by atoms with E-state index in [2.05, 4.69) is 23.1 Å². The second-order valence-corrected chi connectivity index (χ2v) is 7.27. The van der Waals surface area contributed by atoms with Crippen molar-refractivity contribution in [1.29, 1.82) is 0 Å². The normalized spacial score (nSPS) is 32.9. The average molecular weight is 299 g/mol. The molecule has 0 aromatic heterocycles. The van der Waals surface area contributed by atoms with Gasteiger partial charge in [0, 0.05) is 24.9 Å². The van der Waals surface area contributed by atoms with Crippen LogP contribution < -0.4 is 4.74 Å². The number of rotatable bonds is 1. The van der Waals surface area contributed by atoms with Gasteiger partial charge in [0.25, 0.3) is 0 Å². The van der Waals surface area contributed by atoms with Gasteiger partial charge in [-0.1, -0.05) is 18.9 Å². The molecule has 1 saturated carbocycles. The van der Waals surface area contributed by atoms with E-state index in [1.165, 1.54) is 36.8 Å². The number of ether oxygens (including phenoxy) is 1. The summed E-state index contributed by atoms with van der Waals surface area (Å²) < 4.78 is 5.49. The third-order valence-electron chi connectivity index (χ3n) is 6.45. The molecule has 0 spiro atoms. The minimum absolute atomic E-state index is 0.251. The number of carbonyl (C=O) groups excluding carboxylic acids is 1. The molecule has 0 unspecified atom stereocenters. The van der Waals surface area contributed by atoms with Gasteiger partial charge in [0.05, 0.1) is 7.11 Å². The number of methoxy groups -OCH3 is 1. The van der Waals surface area contributed by atoms with Crippen molar-refractivity contribution in [2.45, 2.75) is 56.9 Å². The lowest BCUT2D eigenvalue weighted by atomic mass is 9.52. The average Bonchev–Trinajstić information content (AvgIpc) is 2.54. The number of nitrogens with zero attached hydrogens (tertiary/aromatic N) is 1. The van der Waals surface area contributed by atoms with Gasteiger partial charge in [-0.25, -0.2) is 0 Å². The van der Waals surface area contributed by atoms with Gasteiger partial charge in [0.15, 0.2) is 0 Å². The van der Waals surface area contributed by atoms with Crippen molar-refractivity contribution in [3.63, 3.8) is 0 Å². The summed E-state index contributed by atoms with van der Waals surface area (Å²) >= 11 is 0. The number of benzene rings is 1. The maximum atomic E-state index is 12.1. The van der Waals surface area contributed by atoms with E-state index in [-0.39, 0.29) is 11.3 Å². The van der Waals surface area contributed by atoms with Crippen molar-refractivity contribution in [3.8, 4) is 5.75 Å². The quantitative estimate of drug-likeness (QED) is 0.796. The molecule has 3 aliphatic rings.